The van der Waals surface area contributed by atoms with Crippen LogP contribution in [0.15, 0.2) is 18.2 Å². The Kier molecular flexibility index (Phi) is 3.14. The molecule has 1 aliphatic heterocycles. The number of halogens is 1. The highest BCUT2D eigenvalue weighted by atomic mass is 19.1. The highest BCUT2D eigenvalue weighted by Gasteiger charge is 2.21. The van der Waals surface area contributed by atoms with Gasteiger partial charge in [-0.25, -0.2) is 4.98 Å². The van der Waals surface area contributed by atoms with Crippen LogP contribution < -0.4 is 0 Å². The summed E-state index contributed by atoms with van der Waals surface area (Å²) in [5.74, 6) is -0.799. The van der Waals surface area contributed by atoms with Crippen molar-refractivity contribution >= 4 is 5.91 Å². The van der Waals surface area contributed by atoms with Gasteiger partial charge in [0.25, 0.3) is 5.91 Å². The third-order valence-electron chi connectivity index (χ3n) is 2.72. The summed E-state index contributed by atoms with van der Waals surface area (Å²) in [4.78, 5) is 19.4. The van der Waals surface area contributed by atoms with E-state index in [0.29, 0.717) is 13.1 Å². The molecule has 86 valence electrons. The van der Waals surface area contributed by atoms with Crippen LogP contribution in [0.2, 0.25) is 0 Å². The largest absolute Gasteiger partial charge is 0.335 e. The summed E-state index contributed by atoms with van der Waals surface area (Å²) in [7, 11) is 2.02. The Morgan fingerprint density at radius 2 is 2.00 bits per heavy atom. The molecule has 16 heavy (non-hydrogen) atoms. The second-order valence-electron chi connectivity index (χ2n) is 3.94. The Morgan fingerprint density at radius 1 is 1.31 bits per heavy atom. The van der Waals surface area contributed by atoms with Crippen LogP contribution in [-0.2, 0) is 0 Å². The average molecular weight is 223 g/mol. The fourth-order valence-corrected chi connectivity index (χ4v) is 1.70. The quantitative estimate of drug-likeness (QED) is 0.654. The summed E-state index contributed by atoms with van der Waals surface area (Å²) in [6, 6.07) is 4.29. The highest BCUT2D eigenvalue weighted by molar-refractivity contribution is 5.92. The van der Waals surface area contributed by atoms with Crippen LogP contribution in [0.1, 0.15) is 10.5 Å². The van der Waals surface area contributed by atoms with E-state index in [2.05, 4.69) is 9.88 Å². The van der Waals surface area contributed by atoms with E-state index in [0.717, 1.165) is 13.1 Å². The van der Waals surface area contributed by atoms with E-state index in [-0.39, 0.29) is 11.6 Å². The topological polar surface area (TPSA) is 36.4 Å². The number of carbonyl (C=O) groups excluding carboxylic acids is 1. The molecule has 2 heterocycles. The van der Waals surface area contributed by atoms with Gasteiger partial charge in [-0.2, -0.15) is 4.39 Å². The standard InChI is InChI=1S/C11H14FN3O/c1-14-5-7-15(8-6-14)11(16)9-3-2-4-10(12)13-9/h2-4H,5-8H2,1H3. The molecule has 1 aliphatic rings. The Balaban J connectivity index is 2.08. The molecule has 0 saturated carbocycles. The zero-order valence-electron chi connectivity index (χ0n) is 9.19. The summed E-state index contributed by atoms with van der Waals surface area (Å²) in [6.07, 6.45) is 0. The molecule has 0 unspecified atom stereocenters. The van der Waals surface area contributed by atoms with E-state index in [4.69, 9.17) is 0 Å². The van der Waals surface area contributed by atoms with Gasteiger partial charge < -0.3 is 9.80 Å². The first-order chi connectivity index (χ1) is 7.66. The minimum absolute atomic E-state index is 0.185. The smallest absolute Gasteiger partial charge is 0.272 e. The van der Waals surface area contributed by atoms with Crippen molar-refractivity contribution in [1.82, 2.24) is 14.8 Å². The predicted molar refractivity (Wildman–Crippen MR) is 57.6 cm³/mol. The molecule has 0 N–H and O–H groups in total. The van der Waals surface area contributed by atoms with Gasteiger partial charge in [-0.05, 0) is 19.2 Å². The second-order valence-corrected chi connectivity index (χ2v) is 3.94. The number of aromatic nitrogens is 1. The number of carbonyl (C=O) groups is 1. The summed E-state index contributed by atoms with van der Waals surface area (Å²) < 4.78 is 12.9. The number of nitrogens with zero attached hydrogens (tertiary/aromatic N) is 3. The SMILES string of the molecule is CN1CCN(C(=O)c2cccc(F)n2)CC1. The molecule has 0 atom stereocenters. The molecule has 1 aromatic heterocycles. The van der Waals surface area contributed by atoms with Crippen molar-refractivity contribution in [2.75, 3.05) is 33.2 Å². The van der Waals surface area contributed by atoms with Crippen molar-refractivity contribution in [3.8, 4) is 0 Å². The van der Waals surface area contributed by atoms with Crippen molar-refractivity contribution < 1.29 is 9.18 Å². The van der Waals surface area contributed by atoms with Crippen LogP contribution in [0.5, 0.6) is 0 Å². The predicted octanol–water partition coefficient (Wildman–Crippen LogP) is 0.608. The molecule has 1 amide bonds. The van der Waals surface area contributed by atoms with Crippen LogP contribution in [0.4, 0.5) is 4.39 Å². The van der Waals surface area contributed by atoms with Crippen molar-refractivity contribution in [2.24, 2.45) is 0 Å². The molecule has 1 saturated heterocycles. The normalized spacial score (nSPS) is 17.5. The van der Waals surface area contributed by atoms with Gasteiger partial charge in [-0.3, -0.25) is 4.79 Å². The summed E-state index contributed by atoms with van der Waals surface area (Å²) >= 11 is 0. The Morgan fingerprint density at radius 3 is 2.62 bits per heavy atom. The van der Waals surface area contributed by atoms with E-state index in [1.807, 2.05) is 7.05 Å². The molecule has 0 radical (unpaired) electrons. The molecule has 0 spiro atoms. The number of rotatable bonds is 1. The monoisotopic (exact) mass is 223 g/mol. The van der Waals surface area contributed by atoms with Gasteiger partial charge in [0.15, 0.2) is 0 Å². The van der Waals surface area contributed by atoms with Gasteiger partial charge in [-0.1, -0.05) is 6.07 Å². The minimum atomic E-state index is -0.611. The maximum absolute atomic E-state index is 12.9. The minimum Gasteiger partial charge on any atom is -0.335 e. The van der Waals surface area contributed by atoms with Crippen molar-refractivity contribution in [3.63, 3.8) is 0 Å². The van der Waals surface area contributed by atoms with E-state index in [1.54, 1.807) is 11.0 Å². The van der Waals surface area contributed by atoms with E-state index >= 15 is 0 Å². The molecule has 2 rings (SSSR count). The summed E-state index contributed by atoms with van der Waals surface area (Å²) in [6.45, 7) is 3.04. The molecule has 1 aromatic rings. The van der Waals surface area contributed by atoms with Gasteiger partial charge in [0.1, 0.15) is 5.69 Å². The maximum Gasteiger partial charge on any atom is 0.272 e. The first-order valence-electron chi connectivity index (χ1n) is 5.27. The lowest BCUT2D eigenvalue weighted by molar-refractivity contribution is 0.0657. The fourth-order valence-electron chi connectivity index (χ4n) is 1.70. The highest BCUT2D eigenvalue weighted by Crippen LogP contribution is 2.06. The van der Waals surface area contributed by atoms with Crippen LogP contribution >= 0.6 is 0 Å². The van der Waals surface area contributed by atoms with Crippen LogP contribution in [-0.4, -0.2) is 53.9 Å². The average Bonchev–Trinajstić information content (AvgIpc) is 2.29. The number of hydrogen-bond donors (Lipinski definition) is 0. The van der Waals surface area contributed by atoms with Gasteiger partial charge in [0.05, 0.1) is 0 Å². The van der Waals surface area contributed by atoms with Crippen molar-refractivity contribution in [2.45, 2.75) is 0 Å². The molecule has 5 heteroatoms. The number of piperazine rings is 1. The van der Waals surface area contributed by atoms with Crippen LogP contribution in [0.25, 0.3) is 0 Å². The number of hydrogen-bond acceptors (Lipinski definition) is 3. The fraction of sp³-hybridized carbons (Fsp3) is 0.455. The lowest BCUT2D eigenvalue weighted by atomic mass is 10.2. The van der Waals surface area contributed by atoms with Crippen LogP contribution in [0.3, 0.4) is 0 Å². The number of likely N-dealkylation sites (N-methyl/N-ethyl adjacent to an activating group) is 1. The third kappa shape index (κ3) is 2.36. The maximum atomic E-state index is 12.9. The van der Waals surface area contributed by atoms with E-state index in [1.165, 1.54) is 12.1 Å². The van der Waals surface area contributed by atoms with E-state index < -0.39 is 5.95 Å². The summed E-state index contributed by atoms with van der Waals surface area (Å²) in [5.41, 5.74) is 0.185. The number of pyridine rings is 1. The third-order valence-corrected chi connectivity index (χ3v) is 2.72. The zero-order valence-corrected chi connectivity index (χ0v) is 9.19. The Bertz CT molecular complexity index is 389. The molecule has 0 aliphatic carbocycles. The molecular formula is C11H14FN3O. The Labute approximate surface area is 93.7 Å². The molecule has 0 aromatic carbocycles. The van der Waals surface area contributed by atoms with Crippen molar-refractivity contribution in [1.29, 1.82) is 0 Å². The molecular weight excluding hydrogens is 209 g/mol. The van der Waals surface area contributed by atoms with Gasteiger partial charge in [-0.15, -0.1) is 0 Å². The first kappa shape index (κ1) is 11.0. The van der Waals surface area contributed by atoms with Gasteiger partial charge in [0, 0.05) is 26.2 Å². The molecule has 0 bridgehead atoms. The van der Waals surface area contributed by atoms with Crippen LogP contribution in [0, 0.1) is 5.95 Å². The lowest BCUT2D eigenvalue weighted by Crippen LogP contribution is -2.47. The second kappa shape index (κ2) is 4.57. The number of amides is 1. The summed E-state index contributed by atoms with van der Waals surface area (Å²) in [5, 5.41) is 0. The van der Waals surface area contributed by atoms with E-state index in [9.17, 15) is 9.18 Å². The van der Waals surface area contributed by atoms with Gasteiger partial charge >= 0.3 is 0 Å². The first-order valence-corrected chi connectivity index (χ1v) is 5.27. The Hall–Kier alpha value is -1.49. The molecule has 4 nitrogen and oxygen atoms in total. The van der Waals surface area contributed by atoms with Crippen molar-refractivity contribution in [3.05, 3.63) is 29.8 Å². The lowest BCUT2D eigenvalue weighted by Gasteiger charge is -2.32. The van der Waals surface area contributed by atoms with Gasteiger partial charge in [0.2, 0.25) is 5.95 Å². The zero-order chi connectivity index (χ0) is 11.5. The molecule has 1 fully saturated rings.